The van der Waals surface area contributed by atoms with E-state index in [2.05, 4.69) is 9.97 Å². The Balaban J connectivity index is 1.77. The number of halogens is 2. The highest BCUT2D eigenvalue weighted by atomic mass is 35.5. The molecule has 0 aliphatic heterocycles. The maximum absolute atomic E-state index is 12.2. The van der Waals surface area contributed by atoms with Gasteiger partial charge in [0.05, 0.1) is 15.7 Å². The number of hydrogen-bond acceptors (Lipinski definition) is 4. The van der Waals surface area contributed by atoms with Gasteiger partial charge >= 0.3 is 5.69 Å². The summed E-state index contributed by atoms with van der Waals surface area (Å²) in [7, 11) is 0. The minimum absolute atomic E-state index is 0.139. The third-order valence-corrected chi connectivity index (χ3v) is 5.63. The molecule has 2 aromatic carbocycles. The number of aromatic amines is 2. The van der Waals surface area contributed by atoms with Crippen molar-refractivity contribution >= 4 is 34.1 Å². The molecule has 2 heterocycles. The van der Waals surface area contributed by atoms with E-state index in [1.807, 2.05) is 19.9 Å². The minimum Gasteiger partial charge on any atom is -0.454 e. The second kappa shape index (κ2) is 8.33. The fourth-order valence-corrected chi connectivity index (χ4v) is 4.01. The van der Waals surface area contributed by atoms with Crippen LogP contribution in [0.25, 0.3) is 16.6 Å². The number of benzene rings is 2. The zero-order chi connectivity index (χ0) is 23.2. The molecule has 0 saturated heterocycles. The maximum atomic E-state index is 12.2. The molecular weight excluding hydrogens is 453 g/mol. The molecule has 2 aromatic heterocycles. The van der Waals surface area contributed by atoms with Crippen molar-refractivity contribution in [3.8, 4) is 17.2 Å². The van der Waals surface area contributed by atoms with E-state index in [9.17, 15) is 14.4 Å². The standard InChI is InChI=1S/C23H19Cl2N3O4/c1-11(2)15-9-20(29)26-19-5-4-14(8-16(15)19)32-21-17(24)6-13(7-18(21)25)28-10-12(3)22(30)27-23(28)31/h4-11H,1-3H3,(H,26,29)(H,27,30,31). The van der Waals surface area contributed by atoms with Crippen molar-refractivity contribution in [2.24, 2.45) is 0 Å². The van der Waals surface area contributed by atoms with Gasteiger partial charge in [0.1, 0.15) is 5.75 Å². The molecule has 0 amide bonds. The number of hydrogen-bond donors (Lipinski definition) is 2. The van der Waals surface area contributed by atoms with Crippen LogP contribution in [-0.4, -0.2) is 14.5 Å². The number of aromatic nitrogens is 3. The lowest BCUT2D eigenvalue weighted by molar-refractivity contribution is 0.483. The van der Waals surface area contributed by atoms with E-state index in [1.54, 1.807) is 25.1 Å². The normalized spacial score (nSPS) is 11.3. The lowest BCUT2D eigenvalue weighted by atomic mass is 9.99. The van der Waals surface area contributed by atoms with Gasteiger partial charge in [-0.05, 0) is 48.7 Å². The Kier molecular flexibility index (Phi) is 5.71. The SMILES string of the molecule is Cc1cn(-c2cc(Cl)c(Oc3ccc4[nH]c(=O)cc(C(C)C)c4c3)c(Cl)c2)c(=O)[nH]c1=O. The number of fused-ring (bicyclic) bond motifs is 1. The van der Waals surface area contributed by atoms with Gasteiger partial charge in [0.2, 0.25) is 5.56 Å². The van der Waals surface area contributed by atoms with E-state index >= 15 is 0 Å². The molecular formula is C23H19Cl2N3O4. The second-order valence-corrected chi connectivity index (χ2v) is 8.55. The number of pyridine rings is 1. The summed E-state index contributed by atoms with van der Waals surface area (Å²) in [6.45, 7) is 5.61. The number of ether oxygens (including phenoxy) is 1. The lowest BCUT2D eigenvalue weighted by Crippen LogP contribution is -2.29. The largest absolute Gasteiger partial charge is 0.454 e. The van der Waals surface area contributed by atoms with Gasteiger partial charge in [-0.1, -0.05) is 37.0 Å². The molecule has 0 aliphatic carbocycles. The number of aryl methyl sites for hydroxylation is 1. The van der Waals surface area contributed by atoms with Crippen molar-refractivity contribution in [1.29, 1.82) is 0 Å². The molecule has 164 valence electrons. The van der Waals surface area contributed by atoms with Crippen molar-refractivity contribution in [3.05, 3.63) is 95.0 Å². The van der Waals surface area contributed by atoms with Gasteiger partial charge in [-0.2, -0.15) is 0 Å². The van der Waals surface area contributed by atoms with Gasteiger partial charge in [0.15, 0.2) is 5.75 Å². The summed E-state index contributed by atoms with van der Waals surface area (Å²) in [6.07, 6.45) is 1.42. The van der Waals surface area contributed by atoms with Crippen molar-refractivity contribution in [2.45, 2.75) is 26.7 Å². The van der Waals surface area contributed by atoms with Crippen LogP contribution in [-0.2, 0) is 0 Å². The maximum Gasteiger partial charge on any atom is 0.332 e. The summed E-state index contributed by atoms with van der Waals surface area (Å²) in [5.74, 6) is 0.849. The van der Waals surface area contributed by atoms with Gasteiger partial charge in [0, 0.05) is 28.7 Å². The third-order valence-electron chi connectivity index (χ3n) is 5.07. The Morgan fingerprint density at radius 1 is 0.969 bits per heavy atom. The fourth-order valence-electron chi connectivity index (χ4n) is 3.46. The zero-order valence-electron chi connectivity index (χ0n) is 17.5. The van der Waals surface area contributed by atoms with Crippen LogP contribution in [0.4, 0.5) is 0 Å². The molecule has 32 heavy (non-hydrogen) atoms. The summed E-state index contributed by atoms with van der Waals surface area (Å²) in [6, 6.07) is 9.92. The highest BCUT2D eigenvalue weighted by Crippen LogP contribution is 2.39. The van der Waals surface area contributed by atoms with Gasteiger partial charge < -0.3 is 9.72 Å². The molecule has 0 aliphatic rings. The van der Waals surface area contributed by atoms with E-state index in [0.29, 0.717) is 22.5 Å². The number of rotatable bonds is 4. The first-order valence-electron chi connectivity index (χ1n) is 9.81. The molecule has 0 bridgehead atoms. The predicted octanol–water partition coefficient (Wildman–Crippen LogP) is 4.90. The average molecular weight is 472 g/mol. The van der Waals surface area contributed by atoms with Crippen LogP contribution in [0, 0.1) is 6.92 Å². The van der Waals surface area contributed by atoms with Crippen molar-refractivity contribution in [1.82, 2.24) is 14.5 Å². The van der Waals surface area contributed by atoms with E-state index < -0.39 is 11.2 Å². The molecule has 9 heteroatoms. The number of H-pyrrole nitrogens is 2. The highest BCUT2D eigenvalue weighted by Gasteiger charge is 2.15. The minimum atomic E-state index is -0.605. The molecule has 4 rings (SSSR count). The molecule has 0 fully saturated rings. The Morgan fingerprint density at radius 2 is 1.66 bits per heavy atom. The molecule has 2 N–H and O–H groups in total. The third kappa shape index (κ3) is 4.09. The molecule has 7 nitrogen and oxygen atoms in total. The Labute approximate surface area is 192 Å². The van der Waals surface area contributed by atoms with E-state index in [1.165, 1.54) is 22.9 Å². The van der Waals surface area contributed by atoms with Crippen LogP contribution >= 0.6 is 23.2 Å². The van der Waals surface area contributed by atoms with E-state index in [4.69, 9.17) is 27.9 Å². The van der Waals surface area contributed by atoms with Gasteiger partial charge in [-0.15, -0.1) is 0 Å². The molecule has 0 radical (unpaired) electrons. The number of nitrogens with one attached hydrogen (secondary N) is 2. The van der Waals surface area contributed by atoms with Crippen LogP contribution in [0.1, 0.15) is 30.9 Å². The Morgan fingerprint density at radius 3 is 2.31 bits per heavy atom. The Hall–Kier alpha value is -3.29. The summed E-state index contributed by atoms with van der Waals surface area (Å²) >= 11 is 12.9. The van der Waals surface area contributed by atoms with Crippen LogP contribution in [0.3, 0.4) is 0 Å². The zero-order valence-corrected chi connectivity index (χ0v) is 19.0. The molecule has 0 unspecified atom stereocenters. The Bertz CT molecular complexity index is 1510. The van der Waals surface area contributed by atoms with Crippen LogP contribution in [0.15, 0.2) is 57.0 Å². The highest BCUT2D eigenvalue weighted by molar-refractivity contribution is 6.37. The van der Waals surface area contributed by atoms with Gasteiger partial charge in [-0.3, -0.25) is 19.1 Å². The topological polar surface area (TPSA) is 96.9 Å². The quantitative estimate of drug-likeness (QED) is 0.442. The summed E-state index contributed by atoms with van der Waals surface area (Å²) in [4.78, 5) is 40.8. The number of nitrogens with zero attached hydrogens (tertiary/aromatic N) is 1. The van der Waals surface area contributed by atoms with Crippen LogP contribution < -0.4 is 21.5 Å². The summed E-state index contributed by atoms with van der Waals surface area (Å²) < 4.78 is 7.23. The van der Waals surface area contributed by atoms with Crippen LogP contribution in [0.2, 0.25) is 10.0 Å². The predicted molar refractivity (Wildman–Crippen MR) is 126 cm³/mol. The van der Waals surface area contributed by atoms with E-state index in [-0.39, 0.29) is 27.3 Å². The monoisotopic (exact) mass is 471 g/mol. The second-order valence-electron chi connectivity index (χ2n) is 7.73. The van der Waals surface area contributed by atoms with E-state index in [0.717, 1.165) is 10.9 Å². The fraction of sp³-hybridized carbons (Fsp3) is 0.174. The smallest absolute Gasteiger partial charge is 0.332 e. The van der Waals surface area contributed by atoms with Gasteiger partial charge in [-0.25, -0.2) is 4.79 Å². The lowest BCUT2D eigenvalue weighted by Gasteiger charge is -2.14. The molecule has 4 aromatic rings. The van der Waals surface area contributed by atoms with Crippen molar-refractivity contribution in [3.63, 3.8) is 0 Å². The summed E-state index contributed by atoms with van der Waals surface area (Å²) in [5.41, 5.74) is 1.13. The van der Waals surface area contributed by atoms with Gasteiger partial charge in [0.25, 0.3) is 5.56 Å². The molecule has 0 spiro atoms. The first-order chi connectivity index (χ1) is 15.1. The molecule has 0 atom stereocenters. The molecule has 0 saturated carbocycles. The van der Waals surface area contributed by atoms with Crippen molar-refractivity contribution < 1.29 is 4.74 Å². The summed E-state index contributed by atoms with van der Waals surface area (Å²) in [5, 5.41) is 1.24. The van der Waals surface area contributed by atoms with Crippen LogP contribution in [0.5, 0.6) is 11.5 Å². The van der Waals surface area contributed by atoms with Crippen molar-refractivity contribution in [2.75, 3.05) is 0 Å². The average Bonchev–Trinajstić information content (AvgIpc) is 2.72. The first kappa shape index (κ1) is 21.9. The first-order valence-corrected chi connectivity index (χ1v) is 10.6.